The van der Waals surface area contributed by atoms with Gasteiger partial charge in [0.05, 0.1) is 12.0 Å². The number of carbonyl (C=O) groups is 3. The number of amides is 3. The molecule has 4 N–H and O–H groups in total. The van der Waals surface area contributed by atoms with Gasteiger partial charge in [-0.3, -0.25) is 14.8 Å². The highest BCUT2D eigenvalue weighted by molar-refractivity contribution is 5.90. The lowest BCUT2D eigenvalue weighted by atomic mass is 9.82. The molecule has 9 nitrogen and oxygen atoms in total. The molecule has 0 spiro atoms. The third-order valence-corrected chi connectivity index (χ3v) is 6.73. The molecule has 176 valence electrons. The summed E-state index contributed by atoms with van der Waals surface area (Å²) in [4.78, 5) is 40.3. The van der Waals surface area contributed by atoms with Crippen molar-refractivity contribution in [3.8, 4) is 0 Å². The molecular formula is C23H34N4O5. The average Bonchev–Trinajstić information content (AvgIpc) is 2.81. The van der Waals surface area contributed by atoms with Crippen molar-refractivity contribution in [3.05, 3.63) is 35.9 Å². The van der Waals surface area contributed by atoms with E-state index in [0.717, 1.165) is 12.8 Å². The van der Waals surface area contributed by atoms with E-state index in [9.17, 15) is 24.7 Å². The largest absolute Gasteiger partial charge is 0.465 e. The van der Waals surface area contributed by atoms with Gasteiger partial charge < -0.3 is 20.2 Å². The van der Waals surface area contributed by atoms with Gasteiger partial charge in [0.2, 0.25) is 11.8 Å². The molecule has 0 saturated carbocycles. The molecule has 1 aromatic rings. The van der Waals surface area contributed by atoms with Crippen molar-refractivity contribution < 1.29 is 24.7 Å². The number of carboxylic acid groups (broad SMARTS) is 1. The van der Waals surface area contributed by atoms with Gasteiger partial charge >= 0.3 is 6.09 Å². The minimum Gasteiger partial charge on any atom is -0.465 e. The molecule has 2 aliphatic heterocycles. The SMILES string of the molecule is CC(C)N(CC1CN[C@H](C(=O)N2CCC(c3ccccc3)CC2)C(C(=O)NO)C1)C(=O)O. The molecule has 1 aromatic carbocycles. The second-order valence-corrected chi connectivity index (χ2v) is 9.11. The van der Waals surface area contributed by atoms with Gasteiger partial charge in [-0.25, -0.2) is 10.3 Å². The first-order valence-electron chi connectivity index (χ1n) is 11.3. The quantitative estimate of drug-likeness (QED) is 0.391. The molecule has 2 heterocycles. The van der Waals surface area contributed by atoms with Crippen LogP contribution in [-0.4, -0.2) is 76.3 Å². The Balaban J connectivity index is 1.63. The van der Waals surface area contributed by atoms with Gasteiger partial charge in [0.15, 0.2) is 0 Å². The van der Waals surface area contributed by atoms with Crippen molar-refractivity contribution in [2.24, 2.45) is 11.8 Å². The van der Waals surface area contributed by atoms with Gasteiger partial charge in [0, 0.05) is 32.2 Å². The number of hydroxylamine groups is 1. The monoisotopic (exact) mass is 446 g/mol. The van der Waals surface area contributed by atoms with Gasteiger partial charge in [0.25, 0.3) is 0 Å². The normalized spacial score (nSPS) is 24.2. The highest BCUT2D eigenvalue weighted by Gasteiger charge is 2.42. The third kappa shape index (κ3) is 5.58. The highest BCUT2D eigenvalue weighted by atomic mass is 16.5. The summed E-state index contributed by atoms with van der Waals surface area (Å²) >= 11 is 0. The lowest BCUT2D eigenvalue weighted by molar-refractivity contribution is -0.145. The van der Waals surface area contributed by atoms with Crippen LogP contribution in [0.5, 0.6) is 0 Å². The molecular weight excluding hydrogens is 412 g/mol. The summed E-state index contributed by atoms with van der Waals surface area (Å²) < 4.78 is 0. The van der Waals surface area contributed by atoms with E-state index >= 15 is 0 Å². The first-order chi connectivity index (χ1) is 15.3. The second-order valence-electron chi connectivity index (χ2n) is 9.11. The maximum absolute atomic E-state index is 13.3. The zero-order chi connectivity index (χ0) is 23.3. The van der Waals surface area contributed by atoms with Crippen LogP contribution in [0.3, 0.4) is 0 Å². The van der Waals surface area contributed by atoms with Crippen LogP contribution in [0.4, 0.5) is 4.79 Å². The highest BCUT2D eigenvalue weighted by Crippen LogP contribution is 2.30. The van der Waals surface area contributed by atoms with Crippen molar-refractivity contribution in [1.82, 2.24) is 20.6 Å². The third-order valence-electron chi connectivity index (χ3n) is 6.73. The Morgan fingerprint density at radius 3 is 2.41 bits per heavy atom. The number of hydrogen-bond donors (Lipinski definition) is 4. The Morgan fingerprint density at radius 2 is 1.84 bits per heavy atom. The summed E-state index contributed by atoms with van der Waals surface area (Å²) in [7, 11) is 0. The minimum absolute atomic E-state index is 0.135. The van der Waals surface area contributed by atoms with Crippen LogP contribution >= 0.6 is 0 Å². The number of hydrogen-bond acceptors (Lipinski definition) is 5. The summed E-state index contributed by atoms with van der Waals surface area (Å²) in [5.74, 6) is -1.24. The number of nitrogens with one attached hydrogen (secondary N) is 2. The van der Waals surface area contributed by atoms with Gasteiger partial charge in [-0.05, 0) is 50.5 Å². The molecule has 3 rings (SSSR count). The number of likely N-dealkylation sites (tertiary alicyclic amines) is 1. The topological polar surface area (TPSA) is 122 Å². The van der Waals surface area contributed by atoms with Crippen molar-refractivity contribution in [1.29, 1.82) is 0 Å². The van der Waals surface area contributed by atoms with E-state index in [0.29, 0.717) is 32.0 Å². The minimum atomic E-state index is -1.01. The number of rotatable bonds is 6. The fraction of sp³-hybridized carbons (Fsp3) is 0.609. The first kappa shape index (κ1) is 24.0. The first-order valence-corrected chi connectivity index (χ1v) is 11.3. The molecule has 2 unspecified atom stereocenters. The Bertz CT molecular complexity index is 795. The van der Waals surface area contributed by atoms with Crippen LogP contribution < -0.4 is 10.8 Å². The van der Waals surface area contributed by atoms with Crippen LogP contribution in [0.2, 0.25) is 0 Å². The Morgan fingerprint density at radius 1 is 1.19 bits per heavy atom. The predicted octanol–water partition coefficient (Wildman–Crippen LogP) is 1.88. The van der Waals surface area contributed by atoms with Crippen molar-refractivity contribution >= 4 is 17.9 Å². The van der Waals surface area contributed by atoms with E-state index in [1.807, 2.05) is 18.2 Å². The van der Waals surface area contributed by atoms with Crippen molar-refractivity contribution in [2.45, 2.75) is 51.1 Å². The lowest BCUT2D eigenvalue weighted by Crippen LogP contribution is -2.60. The van der Waals surface area contributed by atoms with Crippen LogP contribution in [-0.2, 0) is 9.59 Å². The molecule has 2 aliphatic rings. The lowest BCUT2D eigenvalue weighted by Gasteiger charge is -2.41. The van der Waals surface area contributed by atoms with Gasteiger partial charge in [0.1, 0.15) is 0 Å². The number of benzene rings is 1. The maximum atomic E-state index is 13.3. The van der Waals surface area contributed by atoms with E-state index in [1.54, 1.807) is 24.2 Å². The molecule has 0 radical (unpaired) electrons. The van der Waals surface area contributed by atoms with Crippen molar-refractivity contribution in [2.75, 3.05) is 26.2 Å². The van der Waals surface area contributed by atoms with E-state index in [-0.39, 0.29) is 24.4 Å². The molecule has 2 saturated heterocycles. The van der Waals surface area contributed by atoms with Crippen LogP contribution in [0.1, 0.15) is 44.6 Å². The zero-order valence-electron chi connectivity index (χ0n) is 18.7. The molecule has 0 bridgehead atoms. The predicted molar refractivity (Wildman–Crippen MR) is 118 cm³/mol. The van der Waals surface area contributed by atoms with E-state index in [1.165, 1.54) is 10.5 Å². The standard InChI is InChI=1S/C23H34N4O5/c1-15(2)27(23(30)31)14-16-12-19(21(28)25-32)20(24-13-16)22(29)26-10-8-18(9-11-26)17-6-4-3-5-7-17/h3-7,15-16,18-20,24,32H,8-14H2,1-2H3,(H,25,28)(H,30,31)/t16?,19?,20-/m0/s1. The molecule has 32 heavy (non-hydrogen) atoms. The van der Waals surface area contributed by atoms with Crippen molar-refractivity contribution in [3.63, 3.8) is 0 Å². The summed E-state index contributed by atoms with van der Waals surface area (Å²) in [6.07, 6.45) is 1.04. The molecule has 9 heteroatoms. The number of carbonyl (C=O) groups excluding carboxylic acids is 2. The summed E-state index contributed by atoms with van der Waals surface area (Å²) in [5.41, 5.74) is 2.97. The van der Waals surface area contributed by atoms with E-state index in [4.69, 9.17) is 0 Å². The van der Waals surface area contributed by atoms with Crippen LogP contribution in [0.25, 0.3) is 0 Å². The van der Waals surface area contributed by atoms with Gasteiger partial charge in [-0.1, -0.05) is 30.3 Å². The molecule has 3 amide bonds. The zero-order valence-corrected chi connectivity index (χ0v) is 18.7. The van der Waals surface area contributed by atoms with Gasteiger partial charge in [-0.2, -0.15) is 0 Å². The maximum Gasteiger partial charge on any atom is 0.407 e. The molecule has 0 aromatic heterocycles. The molecule has 2 fully saturated rings. The fourth-order valence-electron chi connectivity index (χ4n) is 4.90. The van der Waals surface area contributed by atoms with Crippen LogP contribution in [0.15, 0.2) is 30.3 Å². The van der Waals surface area contributed by atoms with Crippen LogP contribution in [0, 0.1) is 11.8 Å². The molecule has 0 aliphatic carbocycles. The van der Waals surface area contributed by atoms with Gasteiger partial charge in [-0.15, -0.1) is 0 Å². The summed E-state index contributed by atoms with van der Waals surface area (Å²) in [6, 6.07) is 9.35. The smallest absolute Gasteiger partial charge is 0.407 e. The Labute approximate surface area is 188 Å². The second kappa shape index (κ2) is 10.8. The number of piperidine rings is 2. The Kier molecular flexibility index (Phi) is 8.09. The Hall–Kier alpha value is -2.65. The number of nitrogens with zero attached hydrogens (tertiary/aromatic N) is 2. The summed E-state index contributed by atoms with van der Waals surface area (Å²) in [6.45, 7) is 5.53. The fourth-order valence-corrected chi connectivity index (χ4v) is 4.90. The van der Waals surface area contributed by atoms with E-state index in [2.05, 4.69) is 17.4 Å². The average molecular weight is 447 g/mol. The van der Waals surface area contributed by atoms with E-state index < -0.39 is 24.0 Å². The summed E-state index contributed by atoms with van der Waals surface area (Å²) in [5, 5.41) is 21.9. The molecule has 3 atom stereocenters.